The average Bonchev–Trinajstić information content (AvgIpc) is 2.41. The number of carbonyl (C=O) groups excluding carboxylic acids is 1. The average molecular weight is 344 g/mol. The van der Waals surface area contributed by atoms with E-state index < -0.39 is 0 Å². The van der Waals surface area contributed by atoms with Crippen LogP contribution in [0.4, 0.5) is 5.69 Å². The number of H-pyrrole nitrogens is 1. The first kappa shape index (κ1) is 15.9. The molecule has 1 amide bonds. The first-order chi connectivity index (χ1) is 9.95. The Morgan fingerprint density at radius 2 is 2.19 bits per heavy atom. The molecule has 2 aromatic rings. The summed E-state index contributed by atoms with van der Waals surface area (Å²) in [6.07, 6.45) is 0. The number of rotatable bonds is 4. The van der Waals surface area contributed by atoms with Crippen molar-refractivity contribution in [1.29, 1.82) is 0 Å². The Bertz CT molecular complexity index is 734. The van der Waals surface area contributed by atoms with Crippen LogP contribution < -0.4 is 10.9 Å². The van der Waals surface area contributed by atoms with Gasteiger partial charge in [-0.25, -0.2) is 4.98 Å². The first-order valence-corrected chi connectivity index (χ1v) is 7.64. The zero-order valence-corrected chi connectivity index (χ0v) is 13.3. The highest BCUT2D eigenvalue weighted by atomic mass is 35.5. The number of halogens is 2. The van der Waals surface area contributed by atoms with Gasteiger partial charge in [-0.1, -0.05) is 41.0 Å². The molecule has 0 aliphatic heterocycles. The molecule has 0 atom stereocenters. The molecule has 0 unspecified atom stereocenters. The Kier molecular flexibility index (Phi) is 5.27. The van der Waals surface area contributed by atoms with Crippen LogP contribution in [0.15, 0.2) is 34.2 Å². The van der Waals surface area contributed by atoms with E-state index in [4.69, 9.17) is 23.2 Å². The fourth-order valence-electron chi connectivity index (χ4n) is 1.54. The zero-order valence-electron chi connectivity index (χ0n) is 10.9. The van der Waals surface area contributed by atoms with E-state index in [0.29, 0.717) is 26.6 Å². The number of thioether (sulfide) groups is 1. The van der Waals surface area contributed by atoms with E-state index in [1.54, 1.807) is 25.1 Å². The van der Waals surface area contributed by atoms with Gasteiger partial charge in [0, 0.05) is 11.8 Å². The van der Waals surface area contributed by atoms with Crippen molar-refractivity contribution in [2.45, 2.75) is 12.1 Å². The van der Waals surface area contributed by atoms with Crippen molar-refractivity contribution in [2.24, 2.45) is 0 Å². The van der Waals surface area contributed by atoms with Gasteiger partial charge in [-0.2, -0.15) is 0 Å². The van der Waals surface area contributed by atoms with Crippen LogP contribution >= 0.6 is 35.0 Å². The monoisotopic (exact) mass is 343 g/mol. The number of benzene rings is 1. The normalized spacial score (nSPS) is 10.4. The number of carbonyl (C=O) groups is 1. The fraction of sp³-hybridized carbons (Fsp3) is 0.154. The van der Waals surface area contributed by atoms with Crippen LogP contribution in [0.25, 0.3) is 0 Å². The van der Waals surface area contributed by atoms with Gasteiger partial charge >= 0.3 is 0 Å². The van der Waals surface area contributed by atoms with Gasteiger partial charge < -0.3 is 10.3 Å². The highest BCUT2D eigenvalue weighted by molar-refractivity contribution is 7.99. The zero-order chi connectivity index (χ0) is 15.4. The Morgan fingerprint density at radius 3 is 2.90 bits per heavy atom. The molecule has 0 spiro atoms. The lowest BCUT2D eigenvalue weighted by molar-refractivity contribution is -0.113. The van der Waals surface area contributed by atoms with Crippen LogP contribution in [0.2, 0.25) is 10.0 Å². The number of anilines is 1. The maximum absolute atomic E-state index is 11.9. The second-order valence-corrected chi connectivity index (χ2v) is 5.88. The fourth-order valence-corrected chi connectivity index (χ4v) is 2.61. The summed E-state index contributed by atoms with van der Waals surface area (Å²) in [5, 5.41) is 3.71. The van der Waals surface area contributed by atoms with Crippen LogP contribution in [-0.4, -0.2) is 21.6 Å². The number of amides is 1. The van der Waals surface area contributed by atoms with Crippen molar-refractivity contribution in [3.63, 3.8) is 0 Å². The Balaban J connectivity index is 1.99. The second kappa shape index (κ2) is 6.98. The van der Waals surface area contributed by atoms with Gasteiger partial charge in [-0.05, 0) is 19.1 Å². The molecule has 1 aromatic heterocycles. The highest BCUT2D eigenvalue weighted by Crippen LogP contribution is 2.29. The molecule has 5 nitrogen and oxygen atoms in total. The second-order valence-electron chi connectivity index (χ2n) is 4.13. The quantitative estimate of drug-likeness (QED) is 0.660. The number of hydrogen-bond acceptors (Lipinski definition) is 4. The molecule has 0 aliphatic carbocycles. The molecular formula is C13H11Cl2N3O2S. The topological polar surface area (TPSA) is 74.8 Å². The van der Waals surface area contributed by atoms with Crippen molar-refractivity contribution in [2.75, 3.05) is 11.1 Å². The van der Waals surface area contributed by atoms with E-state index in [2.05, 4.69) is 15.3 Å². The molecule has 0 bridgehead atoms. The SMILES string of the molecule is Cc1cc(=O)[nH]c(SCC(=O)Nc2cccc(Cl)c2Cl)n1. The van der Waals surface area contributed by atoms with E-state index >= 15 is 0 Å². The predicted molar refractivity (Wildman–Crippen MR) is 85.4 cm³/mol. The third kappa shape index (κ3) is 4.49. The minimum Gasteiger partial charge on any atom is -0.324 e. The Morgan fingerprint density at radius 1 is 1.43 bits per heavy atom. The molecule has 0 saturated heterocycles. The summed E-state index contributed by atoms with van der Waals surface area (Å²) >= 11 is 13.0. The van der Waals surface area contributed by atoms with Gasteiger partial charge in [0.1, 0.15) is 0 Å². The van der Waals surface area contributed by atoms with E-state index in [0.717, 1.165) is 11.8 Å². The third-order valence-electron chi connectivity index (χ3n) is 2.41. The number of nitrogens with zero attached hydrogens (tertiary/aromatic N) is 1. The standard InChI is InChI=1S/C13H11Cl2N3O2S/c1-7-5-10(19)18-13(16-7)21-6-11(20)17-9-4-2-3-8(14)12(9)15/h2-5H,6H2,1H3,(H,17,20)(H,16,18,19). The Hall–Kier alpha value is -1.50. The predicted octanol–water partition coefficient (Wildman–Crippen LogP) is 3.12. The molecule has 0 fully saturated rings. The lowest BCUT2D eigenvalue weighted by Crippen LogP contribution is -2.15. The van der Waals surface area contributed by atoms with E-state index in [1.807, 2.05) is 0 Å². The molecule has 1 heterocycles. The molecule has 21 heavy (non-hydrogen) atoms. The van der Waals surface area contributed by atoms with Crippen molar-refractivity contribution >= 4 is 46.6 Å². The van der Waals surface area contributed by atoms with Crippen molar-refractivity contribution in [3.05, 3.63) is 50.4 Å². The molecule has 110 valence electrons. The lowest BCUT2D eigenvalue weighted by Gasteiger charge is -2.07. The molecule has 2 N–H and O–H groups in total. The summed E-state index contributed by atoms with van der Waals surface area (Å²) < 4.78 is 0. The summed E-state index contributed by atoms with van der Waals surface area (Å²) in [7, 11) is 0. The minimum atomic E-state index is -0.270. The molecule has 0 radical (unpaired) electrons. The number of aromatic amines is 1. The van der Waals surface area contributed by atoms with E-state index in [-0.39, 0.29) is 17.2 Å². The number of hydrogen-bond donors (Lipinski definition) is 2. The van der Waals surface area contributed by atoms with E-state index in [1.165, 1.54) is 6.07 Å². The molecule has 0 saturated carbocycles. The smallest absolute Gasteiger partial charge is 0.251 e. The highest BCUT2D eigenvalue weighted by Gasteiger charge is 2.09. The van der Waals surface area contributed by atoms with Gasteiger partial charge in [-0.15, -0.1) is 0 Å². The van der Waals surface area contributed by atoms with Crippen LogP contribution in [0.3, 0.4) is 0 Å². The van der Waals surface area contributed by atoms with Gasteiger partial charge in [0.15, 0.2) is 5.16 Å². The van der Waals surface area contributed by atoms with Crippen LogP contribution in [0.5, 0.6) is 0 Å². The maximum Gasteiger partial charge on any atom is 0.251 e. The third-order valence-corrected chi connectivity index (χ3v) is 4.11. The summed E-state index contributed by atoms with van der Waals surface area (Å²) in [5.41, 5.74) is 0.795. The molecular weight excluding hydrogens is 333 g/mol. The number of aromatic nitrogens is 2. The maximum atomic E-state index is 11.9. The minimum absolute atomic E-state index is 0.0925. The molecule has 2 rings (SSSR count). The van der Waals surface area contributed by atoms with Crippen molar-refractivity contribution < 1.29 is 4.79 Å². The summed E-state index contributed by atoms with van der Waals surface area (Å²) in [5.74, 6) is -0.178. The first-order valence-electron chi connectivity index (χ1n) is 5.90. The Labute approximate surface area is 135 Å². The lowest BCUT2D eigenvalue weighted by atomic mass is 10.3. The van der Waals surface area contributed by atoms with Gasteiger partial charge in [0.2, 0.25) is 5.91 Å². The summed E-state index contributed by atoms with van der Waals surface area (Å²) in [6.45, 7) is 1.71. The van der Waals surface area contributed by atoms with Gasteiger partial charge in [-0.3, -0.25) is 9.59 Å². The van der Waals surface area contributed by atoms with Crippen LogP contribution in [-0.2, 0) is 4.79 Å². The van der Waals surface area contributed by atoms with Gasteiger partial charge in [0.25, 0.3) is 5.56 Å². The summed E-state index contributed by atoms with van der Waals surface area (Å²) in [6, 6.07) is 6.37. The summed E-state index contributed by atoms with van der Waals surface area (Å²) in [4.78, 5) is 29.8. The van der Waals surface area contributed by atoms with Gasteiger partial charge in [0.05, 0.1) is 21.5 Å². The number of nitrogens with one attached hydrogen (secondary N) is 2. The molecule has 0 aliphatic rings. The number of aryl methyl sites for hydroxylation is 1. The van der Waals surface area contributed by atoms with Crippen molar-refractivity contribution in [3.8, 4) is 0 Å². The molecule has 1 aromatic carbocycles. The largest absolute Gasteiger partial charge is 0.324 e. The van der Waals surface area contributed by atoms with Crippen LogP contribution in [0, 0.1) is 6.92 Å². The van der Waals surface area contributed by atoms with Crippen LogP contribution in [0.1, 0.15) is 5.69 Å². The molecule has 8 heteroatoms. The van der Waals surface area contributed by atoms with E-state index in [9.17, 15) is 9.59 Å². The van der Waals surface area contributed by atoms with Crippen molar-refractivity contribution in [1.82, 2.24) is 9.97 Å².